The van der Waals surface area contributed by atoms with Crippen molar-refractivity contribution in [1.82, 2.24) is 15.0 Å². The number of anilines is 1. The lowest BCUT2D eigenvalue weighted by Gasteiger charge is -2.28. The molecule has 0 amide bonds. The van der Waals surface area contributed by atoms with Crippen molar-refractivity contribution >= 4 is 16.9 Å². The van der Waals surface area contributed by atoms with Gasteiger partial charge in [-0.1, -0.05) is 44.2 Å². The highest BCUT2D eigenvalue weighted by atomic mass is 16.5. The third-order valence-corrected chi connectivity index (χ3v) is 4.44. The molecule has 148 valence electrons. The predicted octanol–water partition coefficient (Wildman–Crippen LogP) is 2.58. The number of pyridine rings is 1. The fourth-order valence-electron chi connectivity index (χ4n) is 3.02. The Morgan fingerprint density at radius 3 is 2.50 bits per heavy atom. The first-order valence-electron chi connectivity index (χ1n) is 9.61. The smallest absolute Gasteiger partial charge is 0.162 e. The third-order valence-electron chi connectivity index (χ3n) is 4.44. The summed E-state index contributed by atoms with van der Waals surface area (Å²) < 4.78 is 5.45. The molecule has 7 nitrogen and oxygen atoms in total. The van der Waals surface area contributed by atoms with Crippen LogP contribution >= 0.6 is 0 Å². The van der Waals surface area contributed by atoms with Gasteiger partial charge in [-0.2, -0.15) is 0 Å². The zero-order valence-electron chi connectivity index (χ0n) is 16.2. The van der Waals surface area contributed by atoms with Crippen molar-refractivity contribution in [2.45, 2.75) is 20.0 Å². The van der Waals surface area contributed by atoms with Crippen LogP contribution in [0, 0.1) is 0 Å². The van der Waals surface area contributed by atoms with Crippen molar-refractivity contribution in [1.29, 1.82) is 0 Å². The molecule has 28 heavy (non-hydrogen) atoms. The molecule has 1 aliphatic rings. The second kappa shape index (κ2) is 9.54. The minimum atomic E-state index is -0.978. The Balaban J connectivity index is 0.00000109. The van der Waals surface area contributed by atoms with Crippen LogP contribution in [-0.2, 0) is 4.74 Å². The van der Waals surface area contributed by atoms with Crippen LogP contribution in [0.4, 0.5) is 5.82 Å². The highest BCUT2D eigenvalue weighted by molar-refractivity contribution is 5.88. The van der Waals surface area contributed by atoms with Crippen LogP contribution in [-0.4, -0.2) is 58.1 Å². The van der Waals surface area contributed by atoms with Gasteiger partial charge in [-0.3, -0.25) is 4.98 Å². The van der Waals surface area contributed by atoms with E-state index >= 15 is 0 Å². The number of fused-ring (bicyclic) bond motifs is 1. The minimum absolute atomic E-state index is 0.361. The number of hydrogen-bond donors (Lipinski definition) is 2. The molecule has 0 spiro atoms. The van der Waals surface area contributed by atoms with E-state index in [-0.39, 0.29) is 6.61 Å². The monoisotopic (exact) mass is 382 g/mol. The van der Waals surface area contributed by atoms with Gasteiger partial charge in [0.25, 0.3) is 0 Å². The molecule has 0 bridgehead atoms. The van der Waals surface area contributed by atoms with E-state index in [1.165, 1.54) is 0 Å². The molecule has 1 unspecified atom stereocenters. The van der Waals surface area contributed by atoms with E-state index in [9.17, 15) is 10.2 Å². The standard InChI is InChI=1S/C19H20N4O3.C2H6/c24-12-16(25)14-10-15-17(20-11-14)19(23-6-8-26-9-7-23)22-18(21-15)13-4-2-1-3-5-13;1-2/h1-5,10-11,16,24-25H,6-9,12H2;1-2H3. The largest absolute Gasteiger partial charge is 0.393 e. The highest BCUT2D eigenvalue weighted by Crippen LogP contribution is 2.28. The second-order valence-electron chi connectivity index (χ2n) is 6.17. The average molecular weight is 382 g/mol. The molecule has 3 aromatic rings. The number of rotatable bonds is 4. The van der Waals surface area contributed by atoms with E-state index in [2.05, 4.69) is 14.9 Å². The van der Waals surface area contributed by atoms with Gasteiger partial charge < -0.3 is 19.8 Å². The summed E-state index contributed by atoms with van der Waals surface area (Å²) in [6.45, 7) is 6.41. The zero-order chi connectivity index (χ0) is 19.9. The SMILES string of the molecule is CC.OCC(O)c1cnc2c(N3CCOCC3)nc(-c3ccccc3)nc2c1. The van der Waals surface area contributed by atoms with Gasteiger partial charge >= 0.3 is 0 Å². The molecular formula is C21H26N4O3. The fraction of sp³-hybridized carbons (Fsp3) is 0.381. The first kappa shape index (κ1) is 20.1. The fourth-order valence-corrected chi connectivity index (χ4v) is 3.02. The first-order valence-corrected chi connectivity index (χ1v) is 9.61. The van der Waals surface area contributed by atoms with Crippen LogP contribution in [0.25, 0.3) is 22.4 Å². The number of benzene rings is 1. The Kier molecular flexibility index (Phi) is 6.86. The first-order chi connectivity index (χ1) is 13.8. The van der Waals surface area contributed by atoms with Gasteiger partial charge in [0.05, 0.1) is 25.3 Å². The quantitative estimate of drug-likeness (QED) is 0.716. The van der Waals surface area contributed by atoms with Crippen LogP contribution in [0.15, 0.2) is 42.6 Å². The minimum Gasteiger partial charge on any atom is -0.393 e. The number of aliphatic hydroxyl groups excluding tert-OH is 2. The van der Waals surface area contributed by atoms with Crippen LogP contribution in [0.1, 0.15) is 25.5 Å². The number of ether oxygens (including phenoxy) is 1. The topological polar surface area (TPSA) is 91.6 Å². The van der Waals surface area contributed by atoms with E-state index in [1.54, 1.807) is 12.3 Å². The van der Waals surface area contributed by atoms with Crippen molar-refractivity contribution in [3.05, 3.63) is 48.2 Å². The summed E-state index contributed by atoms with van der Waals surface area (Å²) in [7, 11) is 0. The maximum Gasteiger partial charge on any atom is 0.162 e. The number of morpholine rings is 1. The molecule has 1 saturated heterocycles. The molecule has 1 fully saturated rings. The molecule has 2 aromatic heterocycles. The van der Waals surface area contributed by atoms with Crippen LogP contribution in [0.5, 0.6) is 0 Å². The summed E-state index contributed by atoms with van der Waals surface area (Å²) in [5.41, 5.74) is 2.77. The molecule has 0 saturated carbocycles. The van der Waals surface area contributed by atoms with Gasteiger partial charge in [-0.25, -0.2) is 9.97 Å². The summed E-state index contributed by atoms with van der Waals surface area (Å²) in [6.07, 6.45) is 0.590. The van der Waals surface area contributed by atoms with E-state index in [0.717, 1.165) is 24.5 Å². The zero-order valence-corrected chi connectivity index (χ0v) is 16.2. The molecule has 7 heteroatoms. The van der Waals surface area contributed by atoms with Crippen LogP contribution in [0.2, 0.25) is 0 Å². The lowest BCUT2D eigenvalue weighted by Crippen LogP contribution is -2.37. The number of aliphatic hydroxyl groups is 2. The van der Waals surface area contributed by atoms with Crippen molar-refractivity contribution in [3.63, 3.8) is 0 Å². The second-order valence-corrected chi connectivity index (χ2v) is 6.17. The summed E-state index contributed by atoms with van der Waals surface area (Å²) in [4.78, 5) is 16.1. The van der Waals surface area contributed by atoms with Gasteiger partial charge in [-0.05, 0) is 6.07 Å². The maximum absolute atomic E-state index is 9.93. The third kappa shape index (κ3) is 4.27. The van der Waals surface area contributed by atoms with Gasteiger partial charge in [0.1, 0.15) is 11.6 Å². The Morgan fingerprint density at radius 2 is 1.82 bits per heavy atom. The normalized spacial score (nSPS) is 15.1. The number of hydrogen-bond acceptors (Lipinski definition) is 7. The molecule has 0 aliphatic carbocycles. The van der Waals surface area contributed by atoms with Crippen molar-refractivity contribution < 1.29 is 14.9 Å². The Hall–Kier alpha value is -2.61. The van der Waals surface area contributed by atoms with E-state index < -0.39 is 6.10 Å². The number of aromatic nitrogens is 3. The summed E-state index contributed by atoms with van der Waals surface area (Å²) in [5, 5.41) is 19.2. The van der Waals surface area contributed by atoms with Crippen molar-refractivity contribution in [2.24, 2.45) is 0 Å². The van der Waals surface area contributed by atoms with Gasteiger partial charge in [0.2, 0.25) is 0 Å². The van der Waals surface area contributed by atoms with Crippen LogP contribution in [0.3, 0.4) is 0 Å². The summed E-state index contributed by atoms with van der Waals surface area (Å²) >= 11 is 0. The molecule has 1 aromatic carbocycles. The molecular weight excluding hydrogens is 356 g/mol. The predicted molar refractivity (Wildman–Crippen MR) is 109 cm³/mol. The lowest BCUT2D eigenvalue weighted by atomic mass is 10.1. The van der Waals surface area contributed by atoms with Crippen molar-refractivity contribution in [2.75, 3.05) is 37.8 Å². The average Bonchev–Trinajstić information content (AvgIpc) is 2.80. The highest BCUT2D eigenvalue weighted by Gasteiger charge is 2.20. The lowest BCUT2D eigenvalue weighted by molar-refractivity contribution is 0.0954. The van der Waals surface area contributed by atoms with E-state index in [4.69, 9.17) is 9.72 Å². The van der Waals surface area contributed by atoms with Crippen molar-refractivity contribution in [3.8, 4) is 11.4 Å². The summed E-state index contributed by atoms with van der Waals surface area (Å²) in [6, 6.07) is 11.5. The van der Waals surface area contributed by atoms with Gasteiger partial charge in [0, 0.05) is 30.4 Å². The Bertz CT molecular complexity index is 899. The molecule has 1 aliphatic heterocycles. The summed E-state index contributed by atoms with van der Waals surface area (Å²) in [5.74, 6) is 1.37. The van der Waals surface area contributed by atoms with Crippen LogP contribution < -0.4 is 4.90 Å². The molecule has 2 N–H and O–H groups in total. The molecule has 4 rings (SSSR count). The molecule has 3 heterocycles. The van der Waals surface area contributed by atoms with Gasteiger partial charge in [-0.15, -0.1) is 0 Å². The molecule has 0 radical (unpaired) electrons. The van der Waals surface area contributed by atoms with Gasteiger partial charge in [0.15, 0.2) is 11.6 Å². The maximum atomic E-state index is 9.93. The van der Waals surface area contributed by atoms with E-state index in [1.807, 2.05) is 44.2 Å². The Morgan fingerprint density at radius 1 is 1.11 bits per heavy atom. The van der Waals surface area contributed by atoms with E-state index in [0.29, 0.717) is 35.6 Å². The Labute approximate surface area is 164 Å². The molecule has 1 atom stereocenters. The number of nitrogens with zero attached hydrogens (tertiary/aromatic N) is 4.